The topological polar surface area (TPSA) is 9.86 Å². The maximum atomic E-state index is 3.84. The summed E-state index contributed by atoms with van der Waals surface area (Å²) in [6.45, 7) is 6.02. The summed E-state index contributed by atoms with van der Waals surface area (Å²) in [4.78, 5) is 0. The predicted octanol–water partition coefficient (Wildman–Crippen LogP) is 13.1. The van der Waals surface area contributed by atoms with Gasteiger partial charge in [0.2, 0.25) is 0 Å². The van der Waals surface area contributed by atoms with Crippen LogP contribution in [0.4, 0.5) is 0 Å². The first kappa shape index (κ1) is 38.9. The van der Waals surface area contributed by atoms with Gasteiger partial charge in [0, 0.05) is 32.8 Å². The molecule has 0 radical (unpaired) electrons. The van der Waals surface area contributed by atoms with Gasteiger partial charge in [-0.05, 0) is 99.0 Å². The van der Waals surface area contributed by atoms with E-state index in [-0.39, 0.29) is 0 Å². The Balaban J connectivity index is 1.07. The second-order valence-electron chi connectivity index (χ2n) is 16.6. The molecule has 0 saturated heterocycles. The standard InChI is InChI=1S/C61H46N2Si/c1-3-4-8-22-44(2)52-31-15-18-34-57(52)63-59-36-20-17-33-54(59)56-42-46(38-40-61(56)63)45-37-39-60-55(41-45)53-32-16-19-35-58(53)62(60)47-23-21-30-51(43-47)64(48-24-9-5-10-25-48,49-26-11-6-12-27-49)50-28-13-7-14-29-50/h3-43H,1H2,2H3/b8-4-,44-22+. The fraction of sp³-hybridized carbons (Fsp3) is 0.0164. The van der Waals surface area contributed by atoms with Gasteiger partial charge >= 0.3 is 0 Å². The Bertz CT molecular complexity index is 3480. The van der Waals surface area contributed by atoms with E-state index in [2.05, 4.69) is 259 Å². The van der Waals surface area contributed by atoms with Crippen molar-refractivity contribution in [1.29, 1.82) is 0 Å². The van der Waals surface area contributed by atoms with Crippen molar-refractivity contribution in [2.75, 3.05) is 0 Å². The van der Waals surface area contributed by atoms with E-state index < -0.39 is 8.07 Å². The highest BCUT2D eigenvalue weighted by atomic mass is 28.3. The molecule has 2 aromatic heterocycles. The van der Waals surface area contributed by atoms with Crippen LogP contribution in [0, 0.1) is 0 Å². The number of aromatic nitrogens is 2. The van der Waals surface area contributed by atoms with Gasteiger partial charge in [-0.1, -0.05) is 201 Å². The van der Waals surface area contributed by atoms with Gasteiger partial charge in [-0.25, -0.2) is 0 Å². The molecule has 3 heteroatoms. The lowest BCUT2D eigenvalue weighted by Crippen LogP contribution is -2.74. The predicted molar refractivity (Wildman–Crippen MR) is 277 cm³/mol. The van der Waals surface area contributed by atoms with Crippen LogP contribution in [-0.4, -0.2) is 17.2 Å². The van der Waals surface area contributed by atoms with E-state index in [9.17, 15) is 0 Å². The molecule has 2 heterocycles. The molecular weight excluding hydrogens is 789 g/mol. The number of fused-ring (bicyclic) bond motifs is 6. The molecule has 0 aliphatic rings. The summed E-state index contributed by atoms with van der Waals surface area (Å²) in [5.74, 6) is 0. The van der Waals surface area contributed by atoms with Crippen molar-refractivity contribution in [2.45, 2.75) is 6.92 Å². The number of hydrogen-bond donors (Lipinski definition) is 0. The van der Waals surface area contributed by atoms with Crippen LogP contribution in [0.2, 0.25) is 0 Å². The van der Waals surface area contributed by atoms with Gasteiger partial charge in [-0.3, -0.25) is 0 Å². The van der Waals surface area contributed by atoms with E-state index in [0.717, 1.165) is 11.4 Å². The Morgan fingerprint density at radius 3 is 1.45 bits per heavy atom. The van der Waals surface area contributed by atoms with Crippen molar-refractivity contribution in [1.82, 2.24) is 9.13 Å². The molecule has 0 aliphatic heterocycles. The molecule has 0 saturated carbocycles. The second kappa shape index (κ2) is 16.4. The van der Waals surface area contributed by atoms with E-state index in [0.29, 0.717) is 0 Å². The maximum absolute atomic E-state index is 3.84. The lowest BCUT2D eigenvalue weighted by molar-refractivity contribution is 1.17. The Kier molecular flexibility index (Phi) is 9.95. The van der Waals surface area contributed by atoms with Crippen LogP contribution in [0.25, 0.3) is 71.7 Å². The van der Waals surface area contributed by atoms with Crippen molar-refractivity contribution >= 4 is 78.0 Å². The third-order valence-electron chi connectivity index (χ3n) is 13.0. The van der Waals surface area contributed by atoms with Gasteiger partial charge in [-0.15, -0.1) is 0 Å². The van der Waals surface area contributed by atoms with E-state index in [1.165, 1.54) is 86.6 Å². The zero-order valence-corrected chi connectivity index (χ0v) is 36.8. The summed E-state index contributed by atoms with van der Waals surface area (Å²) in [5, 5.41) is 10.4. The van der Waals surface area contributed by atoms with Crippen LogP contribution < -0.4 is 20.7 Å². The zero-order valence-electron chi connectivity index (χ0n) is 35.8. The smallest absolute Gasteiger partial charge is 0.179 e. The molecule has 304 valence electrons. The molecule has 0 N–H and O–H groups in total. The van der Waals surface area contributed by atoms with Crippen molar-refractivity contribution in [3.8, 4) is 22.5 Å². The minimum absolute atomic E-state index is 1.16. The zero-order chi connectivity index (χ0) is 43.0. The highest BCUT2D eigenvalue weighted by Crippen LogP contribution is 2.39. The van der Waals surface area contributed by atoms with Gasteiger partial charge in [0.25, 0.3) is 0 Å². The summed E-state index contributed by atoms with van der Waals surface area (Å²) >= 11 is 0. The first-order valence-electron chi connectivity index (χ1n) is 22.1. The molecule has 9 aromatic carbocycles. The molecule has 0 aliphatic carbocycles. The van der Waals surface area contributed by atoms with E-state index in [4.69, 9.17) is 0 Å². The van der Waals surface area contributed by atoms with Crippen LogP contribution in [0.5, 0.6) is 0 Å². The van der Waals surface area contributed by atoms with Gasteiger partial charge in [0.05, 0.1) is 27.8 Å². The molecule has 0 fully saturated rings. The first-order valence-corrected chi connectivity index (χ1v) is 24.1. The number of hydrogen-bond acceptors (Lipinski definition) is 0. The molecule has 11 rings (SSSR count). The highest BCUT2D eigenvalue weighted by Gasteiger charge is 2.41. The van der Waals surface area contributed by atoms with Crippen LogP contribution in [0.3, 0.4) is 0 Å². The van der Waals surface area contributed by atoms with Crippen molar-refractivity contribution < 1.29 is 0 Å². The summed E-state index contributed by atoms with van der Waals surface area (Å²) in [5.41, 5.74) is 11.9. The van der Waals surface area contributed by atoms with Gasteiger partial charge < -0.3 is 9.13 Å². The summed E-state index contributed by atoms with van der Waals surface area (Å²) in [7, 11) is -2.73. The minimum atomic E-state index is -2.73. The Morgan fingerprint density at radius 2 is 0.875 bits per heavy atom. The van der Waals surface area contributed by atoms with Gasteiger partial charge in [0.1, 0.15) is 0 Å². The largest absolute Gasteiger partial charge is 0.309 e. The number of rotatable bonds is 10. The lowest BCUT2D eigenvalue weighted by atomic mass is 10.0. The van der Waals surface area contributed by atoms with Crippen molar-refractivity contribution in [2.24, 2.45) is 0 Å². The summed E-state index contributed by atoms with van der Waals surface area (Å²) in [6.07, 6.45) is 7.99. The van der Waals surface area contributed by atoms with Crippen LogP contribution in [0.15, 0.2) is 255 Å². The lowest BCUT2D eigenvalue weighted by Gasteiger charge is -2.34. The first-order chi connectivity index (χ1) is 31.6. The van der Waals surface area contributed by atoms with Gasteiger partial charge in [0.15, 0.2) is 8.07 Å². The Morgan fingerprint density at radius 1 is 0.406 bits per heavy atom. The molecule has 0 bridgehead atoms. The summed E-state index contributed by atoms with van der Waals surface area (Å²) < 4.78 is 4.89. The fourth-order valence-corrected chi connectivity index (χ4v) is 14.9. The number of allylic oxidation sites excluding steroid dienone is 5. The minimum Gasteiger partial charge on any atom is -0.309 e. The SMILES string of the molecule is C=C/C=C\C=C(/C)c1ccccc1-n1c2ccccc2c2cc(-c3ccc4c(c3)c3ccccc3n4-c3cccc([Si](c4ccccc4)(c4ccccc4)c4ccccc4)c3)ccc21. The van der Waals surface area contributed by atoms with Gasteiger partial charge in [-0.2, -0.15) is 0 Å². The van der Waals surface area contributed by atoms with Crippen molar-refractivity contribution in [3.05, 3.63) is 261 Å². The normalized spacial score (nSPS) is 12.2. The molecule has 64 heavy (non-hydrogen) atoms. The average molecular weight is 835 g/mol. The van der Waals surface area contributed by atoms with E-state index >= 15 is 0 Å². The molecule has 0 atom stereocenters. The Hall–Kier alpha value is -7.98. The van der Waals surface area contributed by atoms with E-state index in [1.54, 1.807) is 0 Å². The average Bonchev–Trinajstić information content (AvgIpc) is 3.87. The number of nitrogens with zero attached hydrogens (tertiary/aromatic N) is 2. The molecule has 11 aromatic rings. The molecule has 0 amide bonds. The molecule has 2 nitrogen and oxygen atoms in total. The van der Waals surface area contributed by atoms with Crippen molar-refractivity contribution in [3.63, 3.8) is 0 Å². The second-order valence-corrected chi connectivity index (χ2v) is 20.4. The third-order valence-corrected chi connectivity index (χ3v) is 17.8. The van der Waals surface area contributed by atoms with Crippen LogP contribution in [0.1, 0.15) is 12.5 Å². The molecule has 0 spiro atoms. The van der Waals surface area contributed by atoms with Crippen LogP contribution >= 0.6 is 0 Å². The maximum Gasteiger partial charge on any atom is 0.179 e. The highest BCUT2D eigenvalue weighted by molar-refractivity contribution is 7.19. The molecular formula is C61H46N2Si. The monoisotopic (exact) mass is 834 g/mol. The third kappa shape index (κ3) is 6.40. The van der Waals surface area contributed by atoms with Crippen LogP contribution in [-0.2, 0) is 0 Å². The molecule has 0 unspecified atom stereocenters. The Labute approximate surface area is 375 Å². The quantitative estimate of drug-likeness (QED) is 0.0738. The fourth-order valence-electron chi connectivity index (χ4n) is 10.2. The number of benzene rings is 9. The van der Waals surface area contributed by atoms with E-state index in [1.807, 2.05) is 12.2 Å². The summed E-state index contributed by atoms with van der Waals surface area (Å²) in [6, 6.07) is 83.3. The number of para-hydroxylation sites is 3.